The van der Waals surface area contributed by atoms with Crippen LogP contribution in [-0.2, 0) is 17.8 Å². The van der Waals surface area contributed by atoms with Gasteiger partial charge in [0.25, 0.3) is 0 Å². The minimum Gasteiger partial charge on any atom is -0.497 e. The van der Waals surface area contributed by atoms with Gasteiger partial charge in [-0.25, -0.2) is 0 Å². The van der Waals surface area contributed by atoms with Crippen LogP contribution in [0.1, 0.15) is 48.4 Å². The third kappa shape index (κ3) is 3.72. The quantitative estimate of drug-likeness (QED) is 0.900. The lowest BCUT2D eigenvalue weighted by Gasteiger charge is -2.40. The zero-order chi connectivity index (χ0) is 18.8. The lowest BCUT2D eigenvalue weighted by Crippen LogP contribution is -2.44. The minimum absolute atomic E-state index is 0.0483. The van der Waals surface area contributed by atoms with E-state index >= 15 is 0 Å². The Morgan fingerprint density at radius 1 is 1.11 bits per heavy atom. The number of nitrogens with zero attached hydrogens (tertiary/aromatic N) is 1. The number of nitrogens with two attached hydrogens (primary N) is 1. The van der Waals surface area contributed by atoms with Crippen molar-refractivity contribution in [1.82, 2.24) is 4.90 Å². The maximum atomic E-state index is 13.5. The third-order valence-electron chi connectivity index (χ3n) is 6.08. The number of hydrogen-bond donors (Lipinski definition) is 1. The van der Waals surface area contributed by atoms with Crippen LogP contribution in [0.2, 0.25) is 0 Å². The van der Waals surface area contributed by atoms with E-state index in [1.807, 2.05) is 12.1 Å². The predicted octanol–water partition coefficient (Wildman–Crippen LogP) is 3.84. The highest BCUT2D eigenvalue weighted by Gasteiger charge is 2.36. The van der Waals surface area contributed by atoms with Gasteiger partial charge in [-0.3, -0.25) is 4.79 Å². The second-order valence-corrected chi connectivity index (χ2v) is 7.85. The lowest BCUT2D eigenvalue weighted by molar-refractivity contribution is -0.140. The third-order valence-corrected chi connectivity index (χ3v) is 6.08. The van der Waals surface area contributed by atoms with E-state index in [1.54, 1.807) is 7.11 Å². The number of amides is 1. The van der Waals surface area contributed by atoms with Gasteiger partial charge in [-0.2, -0.15) is 0 Å². The minimum atomic E-state index is 0.0483. The van der Waals surface area contributed by atoms with Crippen molar-refractivity contribution in [2.24, 2.45) is 11.7 Å². The molecule has 2 aromatic rings. The number of methoxy groups -OCH3 is 1. The first-order valence-electron chi connectivity index (χ1n) is 9.92. The lowest BCUT2D eigenvalue weighted by atomic mass is 9.83. The van der Waals surface area contributed by atoms with Gasteiger partial charge in [0.15, 0.2) is 0 Å². The van der Waals surface area contributed by atoms with Gasteiger partial charge >= 0.3 is 0 Å². The summed E-state index contributed by atoms with van der Waals surface area (Å²) < 4.78 is 5.40. The molecule has 1 fully saturated rings. The van der Waals surface area contributed by atoms with Crippen LogP contribution in [0.15, 0.2) is 48.5 Å². The van der Waals surface area contributed by atoms with Crippen LogP contribution in [0.25, 0.3) is 0 Å². The van der Waals surface area contributed by atoms with Gasteiger partial charge < -0.3 is 15.4 Å². The number of ether oxygens (including phenoxy) is 1. The average Bonchev–Trinajstić information content (AvgIpc) is 2.72. The molecule has 1 amide bonds. The summed E-state index contributed by atoms with van der Waals surface area (Å²) in [5.41, 5.74) is 9.86. The highest BCUT2D eigenvalue weighted by atomic mass is 16.5. The topological polar surface area (TPSA) is 55.6 Å². The van der Waals surface area contributed by atoms with Gasteiger partial charge in [-0.1, -0.05) is 42.8 Å². The molecule has 1 heterocycles. The van der Waals surface area contributed by atoms with Gasteiger partial charge in [-0.15, -0.1) is 0 Å². The van der Waals surface area contributed by atoms with Crippen LogP contribution >= 0.6 is 0 Å². The Hall–Kier alpha value is -2.33. The van der Waals surface area contributed by atoms with Gasteiger partial charge in [0.1, 0.15) is 5.75 Å². The fourth-order valence-electron chi connectivity index (χ4n) is 4.58. The SMILES string of the molecule is COc1ccc2c(c1)CN(C(=O)C1CCCC(N)C1)C(c1ccccc1)C2. The molecule has 0 aromatic heterocycles. The summed E-state index contributed by atoms with van der Waals surface area (Å²) in [6, 6.07) is 16.9. The van der Waals surface area contributed by atoms with Gasteiger partial charge in [0, 0.05) is 18.5 Å². The van der Waals surface area contributed by atoms with Crippen molar-refractivity contribution in [1.29, 1.82) is 0 Å². The fourth-order valence-corrected chi connectivity index (χ4v) is 4.58. The van der Waals surface area contributed by atoms with Crippen molar-refractivity contribution in [3.63, 3.8) is 0 Å². The Kier molecular flexibility index (Phi) is 5.17. The molecule has 27 heavy (non-hydrogen) atoms. The Morgan fingerprint density at radius 2 is 1.93 bits per heavy atom. The number of carbonyl (C=O) groups excluding carboxylic acids is 1. The van der Waals surface area contributed by atoms with Crippen molar-refractivity contribution in [3.8, 4) is 5.75 Å². The number of carbonyl (C=O) groups is 1. The number of rotatable bonds is 3. The van der Waals surface area contributed by atoms with E-state index in [2.05, 4.69) is 41.3 Å². The first-order chi connectivity index (χ1) is 13.2. The zero-order valence-electron chi connectivity index (χ0n) is 15.9. The van der Waals surface area contributed by atoms with Crippen LogP contribution in [0.4, 0.5) is 0 Å². The second-order valence-electron chi connectivity index (χ2n) is 7.85. The van der Waals surface area contributed by atoms with Crippen molar-refractivity contribution < 1.29 is 9.53 Å². The average molecular weight is 364 g/mol. The van der Waals surface area contributed by atoms with Gasteiger partial charge in [-0.05, 0) is 54.5 Å². The molecule has 3 atom stereocenters. The van der Waals surface area contributed by atoms with Gasteiger partial charge in [0.2, 0.25) is 5.91 Å². The van der Waals surface area contributed by atoms with Crippen LogP contribution in [0, 0.1) is 5.92 Å². The van der Waals surface area contributed by atoms with Gasteiger partial charge in [0.05, 0.1) is 13.2 Å². The molecule has 4 heteroatoms. The van der Waals surface area contributed by atoms with Crippen LogP contribution in [-0.4, -0.2) is 24.0 Å². The highest BCUT2D eigenvalue weighted by Crippen LogP contribution is 2.37. The van der Waals surface area contributed by atoms with E-state index < -0.39 is 0 Å². The van der Waals surface area contributed by atoms with Crippen molar-refractivity contribution in [2.75, 3.05) is 7.11 Å². The Bertz CT molecular complexity index is 805. The predicted molar refractivity (Wildman–Crippen MR) is 106 cm³/mol. The molecule has 4 nitrogen and oxygen atoms in total. The number of benzene rings is 2. The van der Waals surface area contributed by atoms with E-state index in [4.69, 9.17) is 10.5 Å². The van der Waals surface area contributed by atoms with Crippen LogP contribution in [0.3, 0.4) is 0 Å². The van der Waals surface area contributed by atoms with Crippen molar-refractivity contribution in [2.45, 2.75) is 50.7 Å². The molecule has 1 saturated carbocycles. The Morgan fingerprint density at radius 3 is 2.67 bits per heavy atom. The Balaban J connectivity index is 1.67. The summed E-state index contributed by atoms with van der Waals surface area (Å²) in [7, 11) is 1.68. The molecular formula is C23H28N2O2. The molecule has 0 radical (unpaired) electrons. The van der Waals surface area contributed by atoms with E-state index in [1.165, 1.54) is 16.7 Å². The van der Waals surface area contributed by atoms with Crippen LogP contribution in [0.5, 0.6) is 5.75 Å². The molecule has 1 aliphatic carbocycles. The van der Waals surface area contributed by atoms with Crippen LogP contribution < -0.4 is 10.5 Å². The summed E-state index contributed by atoms with van der Waals surface area (Å²) in [5.74, 6) is 1.15. The second kappa shape index (κ2) is 7.73. The zero-order valence-corrected chi connectivity index (χ0v) is 15.9. The molecule has 142 valence electrons. The Labute approximate surface area is 161 Å². The molecule has 0 spiro atoms. The normalized spacial score (nSPS) is 25.0. The summed E-state index contributed by atoms with van der Waals surface area (Å²) in [6.45, 7) is 0.636. The summed E-state index contributed by atoms with van der Waals surface area (Å²) in [4.78, 5) is 15.6. The molecule has 0 bridgehead atoms. The monoisotopic (exact) mass is 364 g/mol. The van der Waals surface area contributed by atoms with Crippen molar-refractivity contribution >= 4 is 5.91 Å². The number of fused-ring (bicyclic) bond motifs is 1. The standard InChI is InChI=1S/C23H28N2O2/c1-27-21-11-10-17-14-22(16-6-3-2-4-7-16)25(15-19(17)13-21)23(26)18-8-5-9-20(24)12-18/h2-4,6-7,10-11,13,18,20,22H,5,8-9,12,14-15,24H2,1H3. The first kappa shape index (κ1) is 18.1. The maximum Gasteiger partial charge on any atom is 0.226 e. The molecule has 2 aromatic carbocycles. The molecule has 2 aliphatic rings. The van der Waals surface area contributed by atoms with E-state index in [0.29, 0.717) is 6.54 Å². The maximum absolute atomic E-state index is 13.5. The highest BCUT2D eigenvalue weighted by molar-refractivity contribution is 5.80. The first-order valence-corrected chi connectivity index (χ1v) is 9.92. The molecule has 2 N–H and O–H groups in total. The molecule has 3 unspecified atom stereocenters. The van der Waals surface area contributed by atoms with E-state index in [-0.39, 0.29) is 23.9 Å². The molecule has 0 saturated heterocycles. The summed E-state index contributed by atoms with van der Waals surface area (Å²) in [6.07, 6.45) is 4.68. The molecule has 4 rings (SSSR count). The molecular weight excluding hydrogens is 336 g/mol. The fraction of sp³-hybridized carbons (Fsp3) is 0.435. The van der Waals surface area contributed by atoms with E-state index in [0.717, 1.165) is 37.9 Å². The largest absolute Gasteiger partial charge is 0.497 e. The smallest absolute Gasteiger partial charge is 0.226 e. The number of hydrogen-bond acceptors (Lipinski definition) is 3. The molecule has 1 aliphatic heterocycles. The van der Waals surface area contributed by atoms with Crippen molar-refractivity contribution in [3.05, 3.63) is 65.2 Å². The summed E-state index contributed by atoms with van der Waals surface area (Å²) in [5, 5.41) is 0. The van der Waals surface area contributed by atoms with E-state index in [9.17, 15) is 4.79 Å². The summed E-state index contributed by atoms with van der Waals surface area (Å²) >= 11 is 0.